The molecule has 2 aromatic rings. The lowest BCUT2D eigenvalue weighted by Crippen LogP contribution is -2.13. The second-order valence-corrected chi connectivity index (χ2v) is 5.41. The van der Waals surface area contributed by atoms with Gasteiger partial charge in [0, 0.05) is 30.2 Å². The van der Waals surface area contributed by atoms with Crippen molar-refractivity contribution in [3.8, 4) is 11.5 Å². The summed E-state index contributed by atoms with van der Waals surface area (Å²) < 4.78 is 10.3. The van der Waals surface area contributed by atoms with Crippen LogP contribution in [0.2, 0.25) is 0 Å². The Morgan fingerprint density at radius 2 is 1.58 bits per heavy atom. The number of aryl methyl sites for hydroxylation is 1. The summed E-state index contributed by atoms with van der Waals surface area (Å²) in [5.74, 6) is 0.858. The number of Topliss-reactive ketones (excluding diaryl/α,β-unsaturated/α-hetero) is 1. The first kappa shape index (κ1) is 17.5. The van der Waals surface area contributed by atoms with Crippen LogP contribution in [0.4, 0.5) is 5.69 Å². The number of rotatable bonds is 7. The van der Waals surface area contributed by atoms with E-state index < -0.39 is 0 Å². The first-order chi connectivity index (χ1) is 11.5. The van der Waals surface area contributed by atoms with Crippen molar-refractivity contribution in [2.45, 2.75) is 19.8 Å². The van der Waals surface area contributed by atoms with Crippen molar-refractivity contribution >= 4 is 17.4 Å². The third-order valence-corrected chi connectivity index (χ3v) is 3.62. The Bertz CT molecular complexity index is 723. The number of carbonyl (C=O) groups is 2. The predicted molar refractivity (Wildman–Crippen MR) is 92.9 cm³/mol. The zero-order valence-electron chi connectivity index (χ0n) is 14.1. The molecular formula is C19H21NO4. The first-order valence-electron chi connectivity index (χ1n) is 7.65. The summed E-state index contributed by atoms with van der Waals surface area (Å²) in [7, 11) is 3.08. The van der Waals surface area contributed by atoms with Gasteiger partial charge in [0.25, 0.3) is 0 Å². The van der Waals surface area contributed by atoms with Gasteiger partial charge in [0.05, 0.1) is 14.2 Å². The summed E-state index contributed by atoms with van der Waals surface area (Å²) >= 11 is 0. The van der Waals surface area contributed by atoms with Crippen molar-refractivity contribution in [2.24, 2.45) is 0 Å². The summed E-state index contributed by atoms with van der Waals surface area (Å²) in [4.78, 5) is 24.1. The first-order valence-corrected chi connectivity index (χ1v) is 7.65. The monoisotopic (exact) mass is 327 g/mol. The van der Waals surface area contributed by atoms with Crippen LogP contribution >= 0.6 is 0 Å². The zero-order chi connectivity index (χ0) is 17.5. The fourth-order valence-electron chi connectivity index (χ4n) is 2.25. The number of nitrogens with one attached hydrogen (secondary N) is 1. The molecule has 0 aromatic heterocycles. The molecule has 0 radical (unpaired) electrons. The molecule has 1 amide bonds. The van der Waals surface area contributed by atoms with Crippen molar-refractivity contribution in [1.29, 1.82) is 0 Å². The molecule has 5 nitrogen and oxygen atoms in total. The van der Waals surface area contributed by atoms with Crippen LogP contribution in [-0.2, 0) is 4.79 Å². The van der Waals surface area contributed by atoms with Gasteiger partial charge >= 0.3 is 0 Å². The van der Waals surface area contributed by atoms with E-state index in [0.29, 0.717) is 22.7 Å². The van der Waals surface area contributed by atoms with Gasteiger partial charge in [-0.15, -0.1) is 0 Å². The minimum absolute atomic E-state index is 0.0440. The van der Waals surface area contributed by atoms with Gasteiger partial charge in [-0.05, 0) is 19.1 Å². The number of carbonyl (C=O) groups excluding carboxylic acids is 2. The van der Waals surface area contributed by atoms with Gasteiger partial charge in [-0.2, -0.15) is 0 Å². The molecule has 0 spiro atoms. The summed E-state index contributed by atoms with van der Waals surface area (Å²) in [6.45, 7) is 1.96. The average Bonchev–Trinajstić information content (AvgIpc) is 2.60. The lowest BCUT2D eigenvalue weighted by atomic mass is 10.0. The van der Waals surface area contributed by atoms with Crippen molar-refractivity contribution in [3.05, 3.63) is 53.6 Å². The van der Waals surface area contributed by atoms with Gasteiger partial charge in [0.1, 0.15) is 0 Å². The van der Waals surface area contributed by atoms with E-state index in [2.05, 4.69) is 5.32 Å². The minimum atomic E-state index is -0.220. The quantitative estimate of drug-likeness (QED) is 0.789. The molecule has 0 aliphatic heterocycles. The maximum absolute atomic E-state index is 12.1. The Balaban J connectivity index is 1.91. The number of benzene rings is 2. The molecule has 0 aliphatic carbocycles. The molecule has 1 N–H and O–H groups in total. The van der Waals surface area contributed by atoms with Crippen LogP contribution in [-0.4, -0.2) is 25.9 Å². The molecule has 0 saturated carbocycles. The molecule has 0 heterocycles. The number of hydrogen-bond donors (Lipinski definition) is 1. The van der Waals surface area contributed by atoms with Crippen LogP contribution in [0.1, 0.15) is 28.8 Å². The highest BCUT2D eigenvalue weighted by atomic mass is 16.5. The molecule has 5 heteroatoms. The van der Waals surface area contributed by atoms with Crippen LogP contribution in [0.25, 0.3) is 0 Å². The fraction of sp³-hybridized carbons (Fsp3) is 0.263. The highest BCUT2D eigenvalue weighted by molar-refractivity contribution is 6.00. The van der Waals surface area contributed by atoms with Gasteiger partial charge < -0.3 is 14.8 Å². The van der Waals surface area contributed by atoms with Crippen molar-refractivity contribution < 1.29 is 19.1 Å². The van der Waals surface area contributed by atoms with E-state index in [4.69, 9.17) is 9.47 Å². The van der Waals surface area contributed by atoms with E-state index in [-0.39, 0.29) is 24.5 Å². The SMILES string of the molecule is COc1ccc(NC(=O)CCC(=O)c2ccc(C)cc2)cc1OC. The largest absolute Gasteiger partial charge is 0.493 e. The number of anilines is 1. The Morgan fingerprint density at radius 3 is 2.21 bits per heavy atom. The molecule has 126 valence electrons. The van der Waals surface area contributed by atoms with Crippen LogP contribution < -0.4 is 14.8 Å². The average molecular weight is 327 g/mol. The summed E-state index contributed by atoms with van der Waals surface area (Å²) in [5, 5.41) is 2.76. The number of amides is 1. The van der Waals surface area contributed by atoms with E-state index in [1.54, 1.807) is 37.4 Å². The Morgan fingerprint density at radius 1 is 0.917 bits per heavy atom. The molecule has 0 unspecified atom stereocenters. The fourth-order valence-corrected chi connectivity index (χ4v) is 2.25. The third-order valence-electron chi connectivity index (χ3n) is 3.62. The molecule has 0 atom stereocenters. The van der Waals surface area contributed by atoms with E-state index >= 15 is 0 Å². The topological polar surface area (TPSA) is 64.6 Å². The number of ketones is 1. The van der Waals surface area contributed by atoms with Crippen molar-refractivity contribution in [3.63, 3.8) is 0 Å². The maximum atomic E-state index is 12.1. The molecule has 24 heavy (non-hydrogen) atoms. The van der Waals surface area contributed by atoms with Gasteiger partial charge in [-0.3, -0.25) is 9.59 Å². The lowest BCUT2D eigenvalue weighted by Gasteiger charge is -2.10. The molecule has 0 saturated heterocycles. The highest BCUT2D eigenvalue weighted by Gasteiger charge is 2.11. The number of methoxy groups -OCH3 is 2. The summed E-state index contributed by atoms with van der Waals surface area (Å²) in [5.41, 5.74) is 2.32. The second-order valence-electron chi connectivity index (χ2n) is 5.41. The Labute approximate surface area is 141 Å². The van der Waals surface area contributed by atoms with E-state index in [0.717, 1.165) is 5.56 Å². The van der Waals surface area contributed by atoms with E-state index in [1.165, 1.54) is 7.11 Å². The third kappa shape index (κ3) is 4.59. The summed E-state index contributed by atoms with van der Waals surface area (Å²) in [6.07, 6.45) is 0.295. The van der Waals surface area contributed by atoms with Crippen molar-refractivity contribution in [1.82, 2.24) is 0 Å². The predicted octanol–water partition coefficient (Wildman–Crippen LogP) is 3.61. The van der Waals surface area contributed by atoms with Gasteiger partial charge in [-0.25, -0.2) is 0 Å². The molecule has 2 rings (SSSR count). The van der Waals surface area contributed by atoms with Gasteiger partial charge in [0.15, 0.2) is 17.3 Å². The second kappa shape index (κ2) is 8.15. The lowest BCUT2D eigenvalue weighted by molar-refractivity contribution is -0.116. The normalized spacial score (nSPS) is 10.1. The molecular weight excluding hydrogens is 306 g/mol. The van der Waals surface area contributed by atoms with Crippen LogP contribution in [0.5, 0.6) is 11.5 Å². The minimum Gasteiger partial charge on any atom is -0.493 e. The number of hydrogen-bond acceptors (Lipinski definition) is 4. The van der Waals surface area contributed by atoms with Crippen LogP contribution in [0.3, 0.4) is 0 Å². The Hall–Kier alpha value is -2.82. The van der Waals surface area contributed by atoms with Crippen LogP contribution in [0, 0.1) is 6.92 Å². The Kier molecular flexibility index (Phi) is 5.95. The standard InChI is InChI=1S/C19H21NO4/c1-13-4-6-14(7-5-13)16(21)9-11-19(22)20-15-8-10-17(23-2)18(12-15)24-3/h4-8,10,12H,9,11H2,1-3H3,(H,20,22). The van der Waals surface area contributed by atoms with Gasteiger partial charge in [0.2, 0.25) is 5.91 Å². The number of ether oxygens (including phenoxy) is 2. The highest BCUT2D eigenvalue weighted by Crippen LogP contribution is 2.29. The maximum Gasteiger partial charge on any atom is 0.224 e. The van der Waals surface area contributed by atoms with Gasteiger partial charge in [-0.1, -0.05) is 29.8 Å². The molecule has 0 fully saturated rings. The van der Waals surface area contributed by atoms with E-state index in [9.17, 15) is 9.59 Å². The molecule has 2 aromatic carbocycles. The zero-order valence-corrected chi connectivity index (χ0v) is 14.1. The van der Waals surface area contributed by atoms with E-state index in [1.807, 2.05) is 19.1 Å². The summed E-state index contributed by atoms with van der Waals surface area (Å²) in [6, 6.07) is 12.5. The molecule has 0 bridgehead atoms. The van der Waals surface area contributed by atoms with Crippen LogP contribution in [0.15, 0.2) is 42.5 Å². The van der Waals surface area contributed by atoms with Crippen molar-refractivity contribution in [2.75, 3.05) is 19.5 Å². The smallest absolute Gasteiger partial charge is 0.224 e. The molecule has 0 aliphatic rings.